The standard InChI is InChI=1S/C17H16N2O2S2/c1-2-14(16(20)12-7-4-3-5-8-12)23-17-19-18-15(21-17)11-13-9-6-10-22-13/h3-10,14H,2,11H2,1H3/t14-/m1/s1. The number of carbonyl (C=O) groups is 1. The van der Waals surface area contributed by atoms with E-state index in [-0.39, 0.29) is 11.0 Å². The molecule has 0 fully saturated rings. The summed E-state index contributed by atoms with van der Waals surface area (Å²) in [4.78, 5) is 13.7. The minimum Gasteiger partial charge on any atom is -0.416 e. The smallest absolute Gasteiger partial charge is 0.277 e. The molecule has 6 heteroatoms. The molecule has 0 amide bonds. The number of rotatable bonds is 7. The topological polar surface area (TPSA) is 56.0 Å². The van der Waals surface area contributed by atoms with E-state index in [2.05, 4.69) is 10.2 Å². The SMILES string of the molecule is CC[C@@H](Sc1nnc(Cc2cccs2)o1)C(=O)c1ccccc1. The summed E-state index contributed by atoms with van der Waals surface area (Å²) in [6.45, 7) is 1.99. The summed E-state index contributed by atoms with van der Waals surface area (Å²) in [6.07, 6.45) is 1.34. The number of aromatic nitrogens is 2. The molecule has 0 saturated carbocycles. The minimum atomic E-state index is -0.215. The molecular weight excluding hydrogens is 328 g/mol. The highest BCUT2D eigenvalue weighted by atomic mass is 32.2. The molecule has 0 aliphatic rings. The van der Waals surface area contributed by atoms with E-state index in [4.69, 9.17) is 4.42 Å². The summed E-state index contributed by atoms with van der Waals surface area (Å²) < 4.78 is 5.67. The predicted octanol–water partition coefficient (Wildman–Crippen LogP) is 4.48. The summed E-state index contributed by atoms with van der Waals surface area (Å²) in [5.41, 5.74) is 0.713. The van der Waals surface area contributed by atoms with Crippen molar-refractivity contribution in [3.63, 3.8) is 0 Å². The van der Waals surface area contributed by atoms with Crippen LogP contribution in [0.5, 0.6) is 0 Å². The molecule has 0 radical (unpaired) electrons. The van der Waals surface area contributed by atoms with Crippen molar-refractivity contribution >= 4 is 28.9 Å². The van der Waals surface area contributed by atoms with E-state index in [1.54, 1.807) is 11.3 Å². The highest BCUT2D eigenvalue weighted by Gasteiger charge is 2.22. The Bertz CT molecular complexity index is 754. The Hall–Kier alpha value is -1.92. The average molecular weight is 344 g/mol. The maximum Gasteiger partial charge on any atom is 0.277 e. The van der Waals surface area contributed by atoms with Crippen LogP contribution in [-0.2, 0) is 6.42 Å². The van der Waals surface area contributed by atoms with Gasteiger partial charge in [-0.25, -0.2) is 0 Å². The quantitative estimate of drug-likeness (QED) is 0.467. The van der Waals surface area contributed by atoms with Crippen molar-refractivity contribution in [3.8, 4) is 0 Å². The van der Waals surface area contributed by atoms with Gasteiger partial charge in [0.2, 0.25) is 5.89 Å². The normalized spacial score (nSPS) is 12.2. The lowest BCUT2D eigenvalue weighted by atomic mass is 10.1. The monoisotopic (exact) mass is 344 g/mol. The maximum absolute atomic E-state index is 12.5. The van der Waals surface area contributed by atoms with E-state index in [9.17, 15) is 4.79 Å². The first-order chi connectivity index (χ1) is 11.3. The zero-order chi connectivity index (χ0) is 16.1. The number of ketones is 1. The molecule has 2 heterocycles. The fraction of sp³-hybridized carbons (Fsp3) is 0.235. The third kappa shape index (κ3) is 4.09. The van der Waals surface area contributed by atoms with E-state index in [1.165, 1.54) is 16.6 Å². The van der Waals surface area contributed by atoms with Crippen LogP contribution in [0.3, 0.4) is 0 Å². The number of thioether (sulfide) groups is 1. The number of hydrogen-bond acceptors (Lipinski definition) is 6. The van der Waals surface area contributed by atoms with Gasteiger partial charge in [0.25, 0.3) is 5.22 Å². The molecule has 118 valence electrons. The Balaban J connectivity index is 1.67. The highest BCUT2D eigenvalue weighted by Crippen LogP contribution is 2.27. The number of carbonyl (C=O) groups excluding carboxylic acids is 1. The fourth-order valence-electron chi connectivity index (χ4n) is 2.15. The Morgan fingerprint density at radius 1 is 1.22 bits per heavy atom. The Morgan fingerprint density at radius 2 is 2.04 bits per heavy atom. The lowest BCUT2D eigenvalue weighted by Gasteiger charge is -2.10. The second-order valence-corrected chi connectivity index (χ2v) is 7.15. The molecule has 0 aliphatic heterocycles. The number of thiophene rings is 1. The van der Waals surface area contributed by atoms with E-state index < -0.39 is 0 Å². The van der Waals surface area contributed by atoms with Crippen molar-refractivity contribution in [2.24, 2.45) is 0 Å². The summed E-state index contributed by atoms with van der Waals surface area (Å²) >= 11 is 3.00. The second-order valence-electron chi connectivity index (χ2n) is 4.96. The molecule has 3 rings (SSSR count). The third-order valence-electron chi connectivity index (χ3n) is 3.32. The van der Waals surface area contributed by atoms with Gasteiger partial charge in [-0.1, -0.05) is 55.1 Å². The lowest BCUT2D eigenvalue weighted by molar-refractivity contribution is 0.0987. The van der Waals surface area contributed by atoms with Gasteiger partial charge < -0.3 is 4.42 Å². The zero-order valence-electron chi connectivity index (χ0n) is 12.6. The second kappa shape index (κ2) is 7.57. The molecule has 0 unspecified atom stereocenters. The van der Waals surface area contributed by atoms with Crippen LogP contribution in [0.4, 0.5) is 0 Å². The molecule has 0 bridgehead atoms. The van der Waals surface area contributed by atoms with Crippen LogP contribution in [0, 0.1) is 0 Å². The largest absolute Gasteiger partial charge is 0.416 e. The van der Waals surface area contributed by atoms with Crippen LogP contribution in [0.15, 0.2) is 57.5 Å². The van der Waals surface area contributed by atoms with Gasteiger partial charge in [0.05, 0.1) is 11.7 Å². The van der Waals surface area contributed by atoms with Gasteiger partial charge in [-0.3, -0.25) is 4.79 Å². The van der Waals surface area contributed by atoms with E-state index in [0.29, 0.717) is 29.5 Å². The van der Waals surface area contributed by atoms with Gasteiger partial charge in [0, 0.05) is 10.4 Å². The van der Waals surface area contributed by atoms with Gasteiger partial charge in [0.15, 0.2) is 5.78 Å². The lowest BCUT2D eigenvalue weighted by Crippen LogP contribution is -2.16. The van der Waals surface area contributed by atoms with Crippen molar-refractivity contribution in [1.82, 2.24) is 10.2 Å². The first-order valence-electron chi connectivity index (χ1n) is 7.37. The van der Waals surface area contributed by atoms with Crippen LogP contribution < -0.4 is 0 Å². The van der Waals surface area contributed by atoms with E-state index in [1.807, 2.05) is 54.8 Å². The molecule has 0 spiro atoms. The fourth-order valence-corrected chi connectivity index (χ4v) is 3.73. The summed E-state index contributed by atoms with van der Waals surface area (Å²) in [5, 5.41) is 10.4. The summed E-state index contributed by atoms with van der Waals surface area (Å²) in [5.74, 6) is 0.674. The molecule has 23 heavy (non-hydrogen) atoms. The van der Waals surface area contributed by atoms with Gasteiger partial charge in [0.1, 0.15) is 0 Å². The molecule has 0 aliphatic carbocycles. The van der Waals surface area contributed by atoms with Crippen molar-refractivity contribution < 1.29 is 9.21 Å². The van der Waals surface area contributed by atoms with Crippen molar-refractivity contribution in [3.05, 3.63) is 64.2 Å². The molecule has 1 aromatic carbocycles. The number of benzene rings is 1. The Kier molecular flexibility index (Phi) is 5.25. The van der Waals surface area contributed by atoms with Crippen LogP contribution in [-0.4, -0.2) is 21.2 Å². The maximum atomic E-state index is 12.5. The third-order valence-corrected chi connectivity index (χ3v) is 5.39. The van der Waals surface area contributed by atoms with Crippen molar-refractivity contribution in [2.75, 3.05) is 0 Å². The zero-order valence-corrected chi connectivity index (χ0v) is 14.3. The molecule has 4 nitrogen and oxygen atoms in total. The predicted molar refractivity (Wildman–Crippen MR) is 92.1 cm³/mol. The van der Waals surface area contributed by atoms with Gasteiger partial charge in [-0.05, 0) is 17.9 Å². The molecular formula is C17H16N2O2S2. The van der Waals surface area contributed by atoms with Gasteiger partial charge in [-0.15, -0.1) is 21.5 Å². The first kappa shape index (κ1) is 16.0. The average Bonchev–Trinajstić information content (AvgIpc) is 3.25. The Morgan fingerprint density at radius 3 is 2.74 bits per heavy atom. The Labute approximate surface area is 142 Å². The summed E-state index contributed by atoms with van der Waals surface area (Å²) in [6, 6.07) is 13.4. The van der Waals surface area contributed by atoms with Crippen molar-refractivity contribution in [2.45, 2.75) is 30.2 Å². The number of Topliss-reactive ketones (excluding diaryl/α,β-unsaturated/α-hetero) is 1. The van der Waals surface area contributed by atoms with E-state index >= 15 is 0 Å². The van der Waals surface area contributed by atoms with Crippen LogP contribution >= 0.6 is 23.1 Å². The van der Waals surface area contributed by atoms with Crippen molar-refractivity contribution in [1.29, 1.82) is 0 Å². The van der Waals surface area contributed by atoms with Gasteiger partial charge in [-0.2, -0.15) is 0 Å². The van der Waals surface area contributed by atoms with Crippen LogP contribution in [0.2, 0.25) is 0 Å². The molecule has 2 aromatic heterocycles. The van der Waals surface area contributed by atoms with Crippen LogP contribution in [0.25, 0.3) is 0 Å². The molecule has 0 N–H and O–H groups in total. The molecule has 1 atom stereocenters. The number of hydrogen-bond donors (Lipinski definition) is 0. The minimum absolute atomic E-state index is 0.0936. The van der Waals surface area contributed by atoms with E-state index in [0.717, 1.165) is 0 Å². The van der Waals surface area contributed by atoms with Crippen LogP contribution in [0.1, 0.15) is 34.5 Å². The highest BCUT2D eigenvalue weighted by molar-refractivity contribution is 8.00. The molecule has 0 saturated heterocycles. The first-order valence-corrected chi connectivity index (χ1v) is 9.13. The molecule has 3 aromatic rings. The summed E-state index contributed by atoms with van der Waals surface area (Å²) in [7, 11) is 0. The number of nitrogens with zero attached hydrogens (tertiary/aromatic N) is 2. The van der Waals surface area contributed by atoms with Gasteiger partial charge >= 0.3 is 0 Å².